The number of thiazole rings is 1. The quantitative estimate of drug-likeness (QED) is 0.136. The van der Waals surface area contributed by atoms with Gasteiger partial charge in [-0.25, -0.2) is 23.4 Å². The van der Waals surface area contributed by atoms with Crippen molar-refractivity contribution in [3.8, 4) is 33.6 Å². The Morgan fingerprint density at radius 2 is 1.84 bits per heavy atom. The van der Waals surface area contributed by atoms with Crippen LogP contribution >= 0.6 is 11.3 Å². The van der Waals surface area contributed by atoms with E-state index in [9.17, 15) is 36.0 Å². The van der Waals surface area contributed by atoms with Crippen molar-refractivity contribution >= 4 is 44.9 Å². The Hall–Kier alpha value is -4.95. The summed E-state index contributed by atoms with van der Waals surface area (Å²) in [6.07, 6.45) is 2.17. The number of carbonyl (C=O) groups excluding carboxylic acids is 4. The molecule has 3 aromatic heterocycles. The van der Waals surface area contributed by atoms with E-state index < -0.39 is 111 Å². The minimum Gasteiger partial charge on any atom is -0.488 e. The molecule has 2 aliphatic carbocycles. The molecular weight excluding hydrogens is 940 g/mol. The molecule has 0 radical (unpaired) electrons. The molecule has 1 N–H and O–H groups in total. The van der Waals surface area contributed by atoms with Crippen LogP contribution in [-0.2, 0) is 38.7 Å². The van der Waals surface area contributed by atoms with E-state index in [4.69, 9.17) is 23.9 Å². The summed E-state index contributed by atoms with van der Waals surface area (Å²) in [7, 11) is -4.07. The number of aromatic nitrogens is 3. The second-order valence-corrected chi connectivity index (χ2v) is 23.3. The number of rotatable bonds is 12. The fraction of sp³-hybridized carbons (Fsp3) is 0.612. The first-order valence-electron chi connectivity index (χ1n) is 23.8. The van der Waals surface area contributed by atoms with Gasteiger partial charge in [-0.2, -0.15) is 13.2 Å². The van der Waals surface area contributed by atoms with Crippen LogP contribution in [0.25, 0.3) is 22.0 Å². The predicted molar refractivity (Wildman–Crippen MR) is 248 cm³/mol. The number of amides is 2. The molecule has 0 spiro atoms. The topological polar surface area (TPSA) is 193 Å². The van der Waals surface area contributed by atoms with Crippen molar-refractivity contribution in [3.63, 3.8) is 0 Å². The SMILES string of the molecule is CC(C)Oc1ccc(-c2cc(O[C@@H]3C[C@H]4C(=O)C[C@]5(C(=O)NS(=O)(=O)C6(C)CC6)C[C@H]5/C=C\CC[C@@H](C)C[C@@H](C)[C@H](CC(=O)OC5(C(F)(F)F)CCCOC5)C(=O)N4C3)cc(-c3nccs3)n2)cn1. The van der Waals surface area contributed by atoms with Crippen molar-refractivity contribution in [1.29, 1.82) is 0 Å². The lowest BCUT2D eigenvalue weighted by Crippen LogP contribution is -2.55. The van der Waals surface area contributed by atoms with Gasteiger partial charge in [0, 0.05) is 67.4 Å². The summed E-state index contributed by atoms with van der Waals surface area (Å²) in [6.45, 7) is 8.16. The van der Waals surface area contributed by atoms with Crippen LogP contribution in [0.3, 0.4) is 0 Å². The first kappa shape index (κ1) is 50.4. The predicted octanol–water partition coefficient (Wildman–Crippen LogP) is 8.04. The average molecular weight is 1000 g/mol. The summed E-state index contributed by atoms with van der Waals surface area (Å²) in [5.41, 5.74) is -2.68. The van der Waals surface area contributed by atoms with E-state index in [0.29, 0.717) is 65.7 Å². The van der Waals surface area contributed by atoms with Crippen LogP contribution in [0.4, 0.5) is 13.2 Å². The van der Waals surface area contributed by atoms with Gasteiger partial charge in [-0.1, -0.05) is 26.0 Å². The fourth-order valence-corrected chi connectivity index (χ4v) is 11.8. The number of nitrogens with zero attached hydrogens (tertiary/aromatic N) is 4. The van der Waals surface area contributed by atoms with Crippen molar-refractivity contribution in [2.75, 3.05) is 19.8 Å². The zero-order chi connectivity index (χ0) is 49.5. The number of allylic oxidation sites excluding steroid dienone is 2. The number of nitrogens with one attached hydrogen (secondary N) is 1. The molecule has 4 fully saturated rings. The third-order valence-electron chi connectivity index (χ3n) is 14.4. The molecule has 8 rings (SSSR count). The van der Waals surface area contributed by atoms with E-state index in [1.807, 2.05) is 32.9 Å². The molecule has 8 atom stereocenters. The summed E-state index contributed by atoms with van der Waals surface area (Å²) in [5, 5.41) is 2.40. The highest BCUT2D eigenvalue weighted by Crippen LogP contribution is 2.58. The molecule has 3 aliphatic heterocycles. The highest BCUT2D eigenvalue weighted by molar-refractivity contribution is 7.91. The van der Waals surface area contributed by atoms with E-state index in [0.717, 1.165) is 0 Å². The van der Waals surface area contributed by atoms with Gasteiger partial charge in [-0.3, -0.25) is 23.9 Å². The number of Topliss-reactive ketones (excluding diaryl/α,β-unsaturated/α-hetero) is 1. The molecular formula is C49H60F3N5O10S2. The van der Waals surface area contributed by atoms with Crippen LogP contribution in [0.2, 0.25) is 0 Å². The molecule has 2 saturated carbocycles. The second-order valence-electron chi connectivity index (χ2n) is 20.2. The summed E-state index contributed by atoms with van der Waals surface area (Å²) < 4.78 is 94.6. The summed E-state index contributed by atoms with van der Waals surface area (Å²) in [5.74, 6) is -4.63. The van der Waals surface area contributed by atoms with Crippen LogP contribution in [0.1, 0.15) is 105 Å². The number of carbonyl (C=O) groups is 4. The molecule has 3 aromatic rings. The monoisotopic (exact) mass is 999 g/mol. The van der Waals surface area contributed by atoms with Gasteiger partial charge < -0.3 is 23.8 Å². The Bertz CT molecular complexity index is 2530. The Balaban J connectivity index is 1.14. The lowest BCUT2D eigenvalue weighted by molar-refractivity contribution is -0.295. The van der Waals surface area contributed by atoms with E-state index in [2.05, 4.69) is 14.7 Å². The van der Waals surface area contributed by atoms with Gasteiger partial charge in [0.05, 0.1) is 53.5 Å². The van der Waals surface area contributed by atoms with E-state index in [1.165, 1.54) is 16.2 Å². The number of hydrogen-bond acceptors (Lipinski definition) is 14. The maximum absolute atomic E-state index is 15.2. The number of fused-ring (bicyclic) bond motifs is 2. The summed E-state index contributed by atoms with van der Waals surface area (Å²) in [6, 6.07) is 5.71. The van der Waals surface area contributed by atoms with Crippen LogP contribution in [0.5, 0.6) is 11.6 Å². The lowest BCUT2D eigenvalue weighted by atomic mass is 9.82. The minimum atomic E-state index is -4.94. The van der Waals surface area contributed by atoms with Crippen molar-refractivity contribution in [2.45, 2.75) is 140 Å². The molecule has 2 saturated heterocycles. The largest absolute Gasteiger partial charge is 0.488 e. The van der Waals surface area contributed by atoms with Crippen molar-refractivity contribution in [3.05, 3.63) is 54.2 Å². The van der Waals surface area contributed by atoms with Gasteiger partial charge in [-0.15, -0.1) is 11.3 Å². The molecule has 20 heteroatoms. The number of hydrogen-bond donors (Lipinski definition) is 1. The molecule has 15 nitrogen and oxygen atoms in total. The first-order chi connectivity index (χ1) is 32.6. The standard InChI is InChI=1S/C49H60F3N5O10S2/c1-29(2)65-41-12-11-32(26-54-41)37-20-34(21-38(55-37)43-53-16-18-68-43)66-35-22-39-40(58)25-47(45(61)56-69(62,63)46(5)14-15-46)24-33(47)10-7-6-9-30(3)19-31(4)36(44(60)57(39)27-35)23-42(59)67-48(49(50,51)52)13-8-17-64-28-48/h7,10-12,16,18,20-21,26,29-31,33,35-36,39H,6,8-9,13-15,17,19,22-25,27-28H2,1-5H3,(H,56,61)/b10-7-/t30-,31-,33-,35-,36+,39+,47-,48?/m1/s1. The van der Waals surface area contributed by atoms with Gasteiger partial charge in [0.15, 0.2) is 5.78 Å². The number of ether oxygens (including phenoxy) is 4. The van der Waals surface area contributed by atoms with Gasteiger partial charge in [0.2, 0.25) is 33.3 Å². The second kappa shape index (κ2) is 19.7. The summed E-state index contributed by atoms with van der Waals surface area (Å²) >= 11 is 1.36. The third-order valence-corrected chi connectivity index (χ3v) is 17.3. The van der Waals surface area contributed by atoms with E-state index in [-0.39, 0.29) is 44.4 Å². The Labute approximate surface area is 404 Å². The third kappa shape index (κ3) is 11.0. The van der Waals surface area contributed by atoms with Crippen LogP contribution in [0.15, 0.2) is 54.2 Å². The van der Waals surface area contributed by atoms with Gasteiger partial charge in [-0.05, 0) is 89.5 Å². The smallest absolute Gasteiger partial charge is 0.430 e. The first-order valence-corrected chi connectivity index (χ1v) is 26.1. The lowest BCUT2D eigenvalue weighted by Gasteiger charge is -2.38. The molecule has 69 heavy (non-hydrogen) atoms. The van der Waals surface area contributed by atoms with Gasteiger partial charge in [0.25, 0.3) is 0 Å². The summed E-state index contributed by atoms with van der Waals surface area (Å²) in [4.78, 5) is 73.3. The Morgan fingerprint density at radius 3 is 2.49 bits per heavy atom. The fourth-order valence-electron chi connectivity index (χ4n) is 9.87. The normalized spacial score (nSPS) is 30.0. The van der Waals surface area contributed by atoms with Gasteiger partial charge in [0.1, 0.15) is 22.6 Å². The number of pyridine rings is 2. The highest BCUT2D eigenvalue weighted by atomic mass is 32.2. The molecule has 5 aliphatic rings. The van der Waals surface area contributed by atoms with Crippen LogP contribution in [-0.4, -0.2) is 106 Å². The molecule has 2 amide bonds. The number of sulfonamides is 1. The maximum Gasteiger partial charge on any atom is 0.430 e. The number of halogens is 3. The molecule has 0 bridgehead atoms. The molecule has 374 valence electrons. The maximum atomic E-state index is 15.2. The van der Waals surface area contributed by atoms with Gasteiger partial charge >= 0.3 is 12.1 Å². The molecule has 0 aromatic carbocycles. The zero-order valence-electron chi connectivity index (χ0n) is 39.5. The van der Waals surface area contributed by atoms with E-state index in [1.54, 1.807) is 55.9 Å². The van der Waals surface area contributed by atoms with E-state index >= 15 is 4.79 Å². The number of ketones is 1. The Kier molecular flexibility index (Phi) is 14.4. The Morgan fingerprint density at radius 1 is 1.07 bits per heavy atom. The number of esters is 1. The molecule has 1 unspecified atom stereocenters. The van der Waals surface area contributed by atoms with Crippen molar-refractivity contribution in [2.24, 2.45) is 29.1 Å². The minimum absolute atomic E-state index is 0.0137. The highest BCUT2D eigenvalue weighted by Gasteiger charge is 2.63. The average Bonchev–Trinajstić information content (AvgIpc) is 4.04. The van der Waals surface area contributed by atoms with Crippen molar-refractivity contribution in [1.82, 2.24) is 24.6 Å². The zero-order valence-corrected chi connectivity index (χ0v) is 41.1. The number of alkyl halides is 3. The van der Waals surface area contributed by atoms with Crippen LogP contribution < -0.4 is 14.2 Å². The van der Waals surface area contributed by atoms with Crippen LogP contribution in [0, 0.1) is 29.1 Å². The van der Waals surface area contributed by atoms with Crippen molar-refractivity contribution < 1.29 is 59.7 Å². The molecule has 6 heterocycles.